The van der Waals surface area contributed by atoms with Gasteiger partial charge in [-0.15, -0.1) is 0 Å². The van der Waals surface area contributed by atoms with Crippen molar-refractivity contribution in [2.45, 2.75) is 13.0 Å². The van der Waals surface area contributed by atoms with Gasteiger partial charge in [0.15, 0.2) is 0 Å². The molecule has 3 aromatic rings. The predicted molar refractivity (Wildman–Crippen MR) is 84.7 cm³/mol. The van der Waals surface area contributed by atoms with Crippen LogP contribution in [0, 0.1) is 5.82 Å². The van der Waals surface area contributed by atoms with Gasteiger partial charge in [0, 0.05) is 5.39 Å². The maximum absolute atomic E-state index is 13.2. The Kier molecular flexibility index (Phi) is 3.79. The Morgan fingerprint density at radius 2 is 1.76 bits per heavy atom. The number of furan rings is 1. The topological polar surface area (TPSA) is 25.2 Å². The van der Waals surface area contributed by atoms with Crippen molar-refractivity contribution >= 4 is 39.9 Å². The Morgan fingerprint density at radius 3 is 2.43 bits per heavy atom. The second-order valence-electron chi connectivity index (χ2n) is 4.80. The summed E-state index contributed by atoms with van der Waals surface area (Å²) in [6, 6.07) is 12.0. The van der Waals surface area contributed by atoms with Crippen molar-refractivity contribution in [1.29, 1.82) is 0 Å². The highest BCUT2D eigenvalue weighted by Crippen LogP contribution is 2.35. The zero-order valence-corrected chi connectivity index (χ0v) is 12.7. The predicted octanol–water partition coefficient (Wildman–Crippen LogP) is 6.05. The molecule has 1 heterocycles. The van der Waals surface area contributed by atoms with Crippen LogP contribution in [0.25, 0.3) is 11.0 Å². The largest absolute Gasteiger partial charge is 0.459 e. The third-order valence-corrected chi connectivity index (χ3v) is 3.84. The van der Waals surface area contributed by atoms with E-state index >= 15 is 0 Å². The van der Waals surface area contributed by atoms with E-state index in [0.717, 1.165) is 16.7 Å². The summed E-state index contributed by atoms with van der Waals surface area (Å²) in [4.78, 5) is 0. The van der Waals surface area contributed by atoms with Crippen LogP contribution in [0.15, 0.2) is 46.9 Å². The van der Waals surface area contributed by atoms with Crippen LogP contribution in [0.4, 0.5) is 10.1 Å². The van der Waals surface area contributed by atoms with Crippen LogP contribution in [0.1, 0.15) is 18.7 Å². The number of hydrogen-bond donors (Lipinski definition) is 1. The number of benzene rings is 2. The summed E-state index contributed by atoms with van der Waals surface area (Å²) in [6.07, 6.45) is 0. The van der Waals surface area contributed by atoms with Gasteiger partial charge in [0.2, 0.25) is 0 Å². The Labute approximate surface area is 131 Å². The molecule has 21 heavy (non-hydrogen) atoms. The standard InChI is InChI=1S/C16H12Cl2FNO/c1-9(15-6-10-4-2-3-5-14(10)21-15)20-16-12(17)7-11(19)8-13(16)18/h2-9,20H,1H3. The Hall–Kier alpha value is -1.71. The molecule has 0 saturated carbocycles. The van der Waals surface area contributed by atoms with Gasteiger partial charge in [0.05, 0.1) is 21.8 Å². The van der Waals surface area contributed by atoms with E-state index in [-0.39, 0.29) is 16.1 Å². The Morgan fingerprint density at radius 1 is 1.10 bits per heavy atom. The summed E-state index contributed by atoms with van der Waals surface area (Å²) in [6.45, 7) is 1.92. The Bertz CT molecular complexity index is 744. The van der Waals surface area contributed by atoms with Gasteiger partial charge in [-0.2, -0.15) is 0 Å². The van der Waals surface area contributed by atoms with E-state index < -0.39 is 5.82 Å². The van der Waals surface area contributed by atoms with Crippen molar-refractivity contribution in [3.8, 4) is 0 Å². The molecule has 1 unspecified atom stereocenters. The van der Waals surface area contributed by atoms with E-state index in [9.17, 15) is 4.39 Å². The van der Waals surface area contributed by atoms with Gasteiger partial charge < -0.3 is 9.73 Å². The minimum atomic E-state index is -0.466. The molecule has 2 nitrogen and oxygen atoms in total. The maximum Gasteiger partial charge on any atom is 0.134 e. The van der Waals surface area contributed by atoms with Crippen molar-refractivity contribution in [2.75, 3.05) is 5.32 Å². The van der Waals surface area contributed by atoms with Gasteiger partial charge in [-0.05, 0) is 31.2 Å². The molecule has 0 aliphatic rings. The van der Waals surface area contributed by atoms with Crippen molar-refractivity contribution in [3.05, 3.63) is 64.1 Å². The number of anilines is 1. The first-order valence-electron chi connectivity index (χ1n) is 6.44. The Balaban J connectivity index is 1.91. The SMILES string of the molecule is CC(Nc1c(Cl)cc(F)cc1Cl)c1cc2ccccc2o1. The summed E-state index contributed by atoms with van der Waals surface area (Å²) in [5.41, 5.74) is 1.31. The minimum absolute atomic E-state index is 0.155. The van der Waals surface area contributed by atoms with Gasteiger partial charge in [0.1, 0.15) is 17.2 Å². The van der Waals surface area contributed by atoms with Gasteiger partial charge in [-0.1, -0.05) is 41.4 Å². The maximum atomic E-state index is 13.2. The van der Waals surface area contributed by atoms with E-state index in [0.29, 0.717) is 5.69 Å². The average molecular weight is 324 g/mol. The van der Waals surface area contributed by atoms with Crippen LogP contribution in [-0.2, 0) is 0 Å². The van der Waals surface area contributed by atoms with E-state index in [1.807, 2.05) is 37.3 Å². The molecule has 0 aliphatic carbocycles. The lowest BCUT2D eigenvalue weighted by molar-refractivity contribution is 0.526. The summed E-state index contributed by atoms with van der Waals surface area (Å²) in [7, 11) is 0. The fourth-order valence-corrected chi connectivity index (χ4v) is 2.75. The summed E-state index contributed by atoms with van der Waals surface area (Å²) in [5.74, 6) is 0.291. The second kappa shape index (κ2) is 5.58. The van der Waals surface area contributed by atoms with E-state index in [2.05, 4.69) is 5.32 Å². The van der Waals surface area contributed by atoms with Crippen LogP contribution < -0.4 is 5.32 Å². The number of rotatable bonds is 3. The molecule has 0 aliphatic heterocycles. The van der Waals surface area contributed by atoms with Crippen LogP contribution in [-0.4, -0.2) is 0 Å². The average Bonchev–Trinajstić information content (AvgIpc) is 2.86. The zero-order chi connectivity index (χ0) is 15.0. The van der Waals surface area contributed by atoms with Crippen LogP contribution in [0.3, 0.4) is 0 Å². The third-order valence-electron chi connectivity index (χ3n) is 3.24. The van der Waals surface area contributed by atoms with Gasteiger partial charge >= 0.3 is 0 Å². The molecule has 3 rings (SSSR count). The van der Waals surface area contributed by atoms with Crippen molar-refractivity contribution in [1.82, 2.24) is 0 Å². The number of para-hydroxylation sites is 1. The molecule has 1 N–H and O–H groups in total. The normalized spacial score (nSPS) is 12.6. The van der Waals surface area contributed by atoms with E-state index in [1.54, 1.807) is 0 Å². The quantitative estimate of drug-likeness (QED) is 0.634. The molecule has 0 spiro atoms. The third kappa shape index (κ3) is 2.85. The molecule has 5 heteroatoms. The first-order chi connectivity index (χ1) is 10.0. The van der Waals surface area contributed by atoms with Crippen LogP contribution in [0.2, 0.25) is 10.0 Å². The number of hydrogen-bond acceptors (Lipinski definition) is 2. The van der Waals surface area contributed by atoms with Crippen molar-refractivity contribution in [2.24, 2.45) is 0 Å². The molecule has 0 radical (unpaired) electrons. The fraction of sp³-hybridized carbons (Fsp3) is 0.125. The minimum Gasteiger partial charge on any atom is -0.459 e. The molecular formula is C16H12Cl2FNO. The molecule has 2 aromatic carbocycles. The van der Waals surface area contributed by atoms with Crippen molar-refractivity contribution in [3.63, 3.8) is 0 Å². The van der Waals surface area contributed by atoms with Gasteiger partial charge in [-0.3, -0.25) is 0 Å². The van der Waals surface area contributed by atoms with E-state index in [4.69, 9.17) is 27.6 Å². The number of fused-ring (bicyclic) bond motifs is 1. The smallest absolute Gasteiger partial charge is 0.134 e. The summed E-state index contributed by atoms with van der Waals surface area (Å²) < 4.78 is 19.0. The molecule has 0 bridgehead atoms. The highest BCUT2D eigenvalue weighted by Gasteiger charge is 2.15. The fourth-order valence-electron chi connectivity index (χ4n) is 2.18. The molecule has 0 fully saturated rings. The molecule has 0 saturated heterocycles. The first kappa shape index (κ1) is 14.2. The van der Waals surface area contributed by atoms with Gasteiger partial charge in [0.25, 0.3) is 0 Å². The molecule has 1 atom stereocenters. The highest BCUT2D eigenvalue weighted by molar-refractivity contribution is 6.39. The first-order valence-corrected chi connectivity index (χ1v) is 7.20. The second-order valence-corrected chi connectivity index (χ2v) is 5.61. The summed E-state index contributed by atoms with van der Waals surface area (Å²) >= 11 is 12.1. The molecule has 108 valence electrons. The lowest BCUT2D eigenvalue weighted by Crippen LogP contribution is -2.06. The van der Waals surface area contributed by atoms with Crippen LogP contribution >= 0.6 is 23.2 Å². The zero-order valence-electron chi connectivity index (χ0n) is 11.2. The number of nitrogens with one attached hydrogen (secondary N) is 1. The lowest BCUT2D eigenvalue weighted by Gasteiger charge is -2.15. The molecule has 0 amide bonds. The van der Waals surface area contributed by atoms with Crippen molar-refractivity contribution < 1.29 is 8.81 Å². The van der Waals surface area contributed by atoms with E-state index in [1.165, 1.54) is 12.1 Å². The molecule has 1 aromatic heterocycles. The lowest BCUT2D eigenvalue weighted by atomic mass is 10.2. The van der Waals surface area contributed by atoms with Gasteiger partial charge in [-0.25, -0.2) is 4.39 Å². The number of halogens is 3. The highest BCUT2D eigenvalue weighted by atomic mass is 35.5. The molecular weight excluding hydrogens is 312 g/mol. The summed E-state index contributed by atoms with van der Waals surface area (Å²) in [5, 5.41) is 4.66. The monoisotopic (exact) mass is 323 g/mol. The van der Waals surface area contributed by atoms with Crippen LogP contribution in [0.5, 0.6) is 0 Å².